The number of nitrogens with one attached hydrogen (secondary N) is 1. The van der Waals surface area contributed by atoms with Gasteiger partial charge in [0.1, 0.15) is 6.61 Å². The molecule has 5 aromatic rings. The lowest BCUT2D eigenvalue weighted by molar-refractivity contribution is 0.140. The maximum Gasteiger partial charge on any atom is 0.407 e. The highest BCUT2D eigenvalue weighted by molar-refractivity contribution is 5.67. The first-order chi connectivity index (χ1) is 20.6. The number of nitrogens with two attached hydrogens (primary N) is 1. The summed E-state index contributed by atoms with van der Waals surface area (Å²) in [4.78, 5) is 14.8. The third kappa shape index (κ3) is 9.03. The van der Waals surface area contributed by atoms with Crippen molar-refractivity contribution in [2.75, 3.05) is 13.1 Å². The van der Waals surface area contributed by atoms with E-state index in [1.165, 1.54) is 5.56 Å². The van der Waals surface area contributed by atoms with Gasteiger partial charge in [-0.1, -0.05) is 78.9 Å². The molecule has 0 aliphatic carbocycles. The number of hydrogen-bond donors (Lipinski definition) is 2. The van der Waals surface area contributed by atoms with Crippen LogP contribution < -0.4 is 11.1 Å². The summed E-state index contributed by atoms with van der Waals surface area (Å²) in [6, 6.07) is 25.6. The second kappa shape index (κ2) is 15.7. The molecule has 0 aliphatic heterocycles. The molecule has 0 spiro atoms. The molecule has 2 heterocycles. The maximum atomic E-state index is 11.7. The van der Waals surface area contributed by atoms with E-state index in [4.69, 9.17) is 10.5 Å². The van der Waals surface area contributed by atoms with Gasteiger partial charge in [0, 0.05) is 17.7 Å². The van der Waals surface area contributed by atoms with Crippen LogP contribution in [0.4, 0.5) is 4.79 Å². The van der Waals surface area contributed by atoms with E-state index < -0.39 is 6.09 Å². The molecule has 12 nitrogen and oxygen atoms in total. The third-order valence-electron chi connectivity index (χ3n) is 6.22. The van der Waals surface area contributed by atoms with Crippen molar-refractivity contribution in [2.45, 2.75) is 46.4 Å². The van der Waals surface area contributed by atoms with E-state index in [1.807, 2.05) is 80.6 Å². The van der Waals surface area contributed by atoms with Crippen LogP contribution in [0.25, 0.3) is 22.8 Å². The summed E-state index contributed by atoms with van der Waals surface area (Å²) in [7, 11) is 0. The molecule has 0 bridgehead atoms. The molecule has 5 rings (SSSR count). The summed E-state index contributed by atoms with van der Waals surface area (Å²) in [5, 5.41) is 27.2. The first-order valence-electron chi connectivity index (χ1n) is 14.0. The minimum atomic E-state index is -0.411. The van der Waals surface area contributed by atoms with Crippen LogP contribution in [-0.4, -0.2) is 59.6 Å². The van der Waals surface area contributed by atoms with Gasteiger partial charge in [-0.3, -0.25) is 0 Å². The Morgan fingerprint density at radius 1 is 0.738 bits per heavy atom. The predicted octanol–water partition coefficient (Wildman–Crippen LogP) is 3.69. The number of alkyl carbamates (subject to hydrolysis) is 1. The van der Waals surface area contributed by atoms with Gasteiger partial charge in [-0.15, -0.1) is 20.4 Å². The summed E-state index contributed by atoms with van der Waals surface area (Å²) in [6.07, 6.45) is 1.20. The van der Waals surface area contributed by atoms with Crippen LogP contribution in [0.15, 0.2) is 78.9 Å². The molecule has 0 saturated heterocycles. The second-order valence-electron chi connectivity index (χ2n) is 9.27. The standard InChI is InChI=1S/C19H21N5O2.C11H15N5/c1-2-24-22-18(21-23-24)17-10-8-15(9-11-17)12-13-20-19(25)26-14-16-6-4-3-5-7-16;1-2-16-14-11(13-15-16)10-5-3-9(4-6-10)7-8-12/h3-11H,2,12-14H2,1H3,(H,20,25);3-6H,2,7-8,12H2,1H3. The number of rotatable bonds is 11. The van der Waals surface area contributed by atoms with Gasteiger partial charge in [0.25, 0.3) is 0 Å². The predicted molar refractivity (Wildman–Crippen MR) is 159 cm³/mol. The maximum absolute atomic E-state index is 11.7. The Labute approximate surface area is 244 Å². The number of hydrogen-bond acceptors (Lipinski definition) is 9. The van der Waals surface area contributed by atoms with Crippen LogP contribution in [0, 0.1) is 0 Å². The smallest absolute Gasteiger partial charge is 0.407 e. The number of ether oxygens (including phenoxy) is 1. The van der Waals surface area contributed by atoms with Crippen molar-refractivity contribution >= 4 is 6.09 Å². The van der Waals surface area contributed by atoms with Gasteiger partial charge in [-0.2, -0.15) is 9.59 Å². The molecule has 2 aromatic heterocycles. The Kier molecular flexibility index (Phi) is 11.2. The van der Waals surface area contributed by atoms with E-state index in [9.17, 15) is 4.79 Å². The monoisotopic (exact) mass is 568 g/mol. The molecule has 12 heteroatoms. The summed E-state index contributed by atoms with van der Waals surface area (Å²) in [5.74, 6) is 1.28. The topological polar surface area (TPSA) is 152 Å². The van der Waals surface area contributed by atoms with Crippen LogP contribution >= 0.6 is 0 Å². The van der Waals surface area contributed by atoms with Gasteiger partial charge in [0.2, 0.25) is 11.6 Å². The van der Waals surface area contributed by atoms with Crippen LogP contribution in [0.2, 0.25) is 0 Å². The molecule has 0 fully saturated rings. The zero-order valence-corrected chi connectivity index (χ0v) is 23.9. The average Bonchev–Trinajstić information content (AvgIpc) is 3.72. The van der Waals surface area contributed by atoms with E-state index in [0.717, 1.165) is 41.6 Å². The molecule has 0 aliphatic rings. The number of tetrazole rings is 2. The second-order valence-corrected chi connectivity index (χ2v) is 9.27. The molecular weight excluding hydrogens is 532 g/mol. The van der Waals surface area contributed by atoms with Crippen molar-refractivity contribution in [2.24, 2.45) is 5.73 Å². The van der Waals surface area contributed by atoms with E-state index in [-0.39, 0.29) is 6.61 Å². The fourth-order valence-corrected chi connectivity index (χ4v) is 3.88. The fourth-order valence-electron chi connectivity index (χ4n) is 3.88. The van der Waals surface area contributed by atoms with E-state index in [0.29, 0.717) is 31.3 Å². The molecule has 0 radical (unpaired) electrons. The highest BCUT2D eigenvalue weighted by Gasteiger charge is 2.07. The lowest BCUT2D eigenvalue weighted by Gasteiger charge is -2.07. The van der Waals surface area contributed by atoms with Crippen molar-refractivity contribution in [1.82, 2.24) is 45.7 Å². The van der Waals surface area contributed by atoms with Gasteiger partial charge in [-0.05, 0) is 60.4 Å². The fraction of sp³-hybridized carbons (Fsp3) is 0.300. The highest BCUT2D eigenvalue weighted by atomic mass is 16.5. The molecular formula is C30H36N10O2. The number of nitrogens with zero attached hydrogens (tertiary/aromatic N) is 8. The molecule has 3 aromatic carbocycles. The Hall–Kier alpha value is -4.97. The zero-order valence-electron chi connectivity index (χ0n) is 23.9. The van der Waals surface area contributed by atoms with Gasteiger partial charge >= 0.3 is 6.09 Å². The molecule has 3 N–H and O–H groups in total. The van der Waals surface area contributed by atoms with Crippen LogP contribution in [0.1, 0.15) is 30.5 Å². The molecule has 0 saturated carbocycles. The number of carbonyl (C=O) groups excluding carboxylic acids is 1. The van der Waals surface area contributed by atoms with Crippen LogP contribution in [0.3, 0.4) is 0 Å². The first kappa shape index (κ1) is 30.0. The lowest BCUT2D eigenvalue weighted by atomic mass is 10.1. The first-order valence-corrected chi connectivity index (χ1v) is 14.0. The number of amides is 1. The van der Waals surface area contributed by atoms with Crippen LogP contribution in [0.5, 0.6) is 0 Å². The van der Waals surface area contributed by atoms with Gasteiger partial charge in [-0.25, -0.2) is 4.79 Å². The van der Waals surface area contributed by atoms with E-state index >= 15 is 0 Å². The summed E-state index contributed by atoms with van der Waals surface area (Å²) in [5.41, 5.74) is 10.7. The highest BCUT2D eigenvalue weighted by Crippen LogP contribution is 2.15. The molecule has 42 heavy (non-hydrogen) atoms. The largest absolute Gasteiger partial charge is 0.445 e. The Bertz CT molecular complexity index is 1500. The summed E-state index contributed by atoms with van der Waals surface area (Å²) in [6.45, 7) is 6.82. The van der Waals surface area contributed by atoms with Crippen molar-refractivity contribution < 1.29 is 9.53 Å². The molecule has 0 atom stereocenters. The average molecular weight is 569 g/mol. The van der Waals surface area contributed by atoms with E-state index in [2.05, 4.69) is 48.3 Å². The molecule has 218 valence electrons. The third-order valence-corrected chi connectivity index (χ3v) is 6.22. The SMILES string of the molecule is CCn1nnc(-c2ccc(CCN)cc2)n1.CCn1nnc(-c2ccc(CCNC(=O)OCc3ccccc3)cc2)n1. The Balaban J connectivity index is 0.000000216. The van der Waals surface area contributed by atoms with Crippen molar-refractivity contribution in [3.8, 4) is 22.8 Å². The molecule has 1 amide bonds. The van der Waals surface area contributed by atoms with E-state index in [1.54, 1.807) is 9.59 Å². The van der Waals surface area contributed by atoms with Crippen molar-refractivity contribution in [1.29, 1.82) is 0 Å². The van der Waals surface area contributed by atoms with Crippen molar-refractivity contribution in [3.05, 3.63) is 95.6 Å². The minimum absolute atomic E-state index is 0.271. The summed E-state index contributed by atoms with van der Waals surface area (Å²) >= 11 is 0. The normalized spacial score (nSPS) is 10.5. The molecule has 0 unspecified atom stereocenters. The Morgan fingerprint density at radius 2 is 1.26 bits per heavy atom. The van der Waals surface area contributed by atoms with Crippen LogP contribution in [-0.2, 0) is 37.3 Å². The number of aryl methyl sites for hydroxylation is 2. The number of carbonyl (C=O) groups is 1. The Morgan fingerprint density at radius 3 is 1.74 bits per heavy atom. The number of aromatic nitrogens is 8. The van der Waals surface area contributed by atoms with Crippen molar-refractivity contribution in [3.63, 3.8) is 0 Å². The van der Waals surface area contributed by atoms with Gasteiger partial charge < -0.3 is 15.8 Å². The lowest BCUT2D eigenvalue weighted by Crippen LogP contribution is -2.26. The minimum Gasteiger partial charge on any atom is -0.445 e. The summed E-state index contributed by atoms with van der Waals surface area (Å²) < 4.78 is 5.18. The number of benzene rings is 3. The zero-order chi connectivity index (χ0) is 29.6. The van der Waals surface area contributed by atoms with Gasteiger partial charge in [0.15, 0.2) is 0 Å². The quantitative estimate of drug-likeness (QED) is 0.243. The van der Waals surface area contributed by atoms with Gasteiger partial charge in [0.05, 0.1) is 13.1 Å².